The summed E-state index contributed by atoms with van der Waals surface area (Å²) in [7, 11) is 0. The van der Waals surface area contributed by atoms with Crippen LogP contribution in [0, 0.1) is 0 Å². The third-order valence-electron chi connectivity index (χ3n) is 4.74. The Bertz CT molecular complexity index is 1020. The van der Waals surface area contributed by atoms with Crippen LogP contribution in [0.3, 0.4) is 0 Å². The molecule has 0 N–H and O–H groups in total. The van der Waals surface area contributed by atoms with Crippen LogP contribution in [0.25, 0.3) is 11.0 Å². The van der Waals surface area contributed by atoms with Gasteiger partial charge in [0.05, 0.1) is 11.6 Å². The number of hydrogen-bond donors (Lipinski definition) is 0. The van der Waals surface area contributed by atoms with E-state index in [1.165, 1.54) is 0 Å². The van der Waals surface area contributed by atoms with E-state index in [-0.39, 0.29) is 5.43 Å². The van der Waals surface area contributed by atoms with Crippen molar-refractivity contribution in [3.8, 4) is 0 Å². The highest BCUT2D eigenvalue weighted by molar-refractivity contribution is 9.10. The fourth-order valence-electron chi connectivity index (χ4n) is 3.39. The molecule has 2 aromatic heterocycles. The molecule has 5 nitrogen and oxygen atoms in total. The summed E-state index contributed by atoms with van der Waals surface area (Å²) in [5.74, 6) is 0.931. The molecule has 1 aromatic carbocycles. The molecular formula is C20H20BrN3O2. The highest BCUT2D eigenvalue weighted by Gasteiger charge is 2.20. The van der Waals surface area contributed by atoms with Gasteiger partial charge in [-0.1, -0.05) is 22.9 Å². The lowest BCUT2D eigenvalue weighted by Gasteiger charge is -2.27. The van der Waals surface area contributed by atoms with E-state index in [1.807, 2.05) is 24.4 Å². The van der Waals surface area contributed by atoms with E-state index in [1.54, 1.807) is 6.26 Å². The van der Waals surface area contributed by atoms with Gasteiger partial charge in [0, 0.05) is 60.0 Å². The second-order valence-corrected chi connectivity index (χ2v) is 7.62. The Morgan fingerprint density at radius 3 is 3.08 bits per heavy atom. The first-order chi connectivity index (χ1) is 12.6. The van der Waals surface area contributed by atoms with Gasteiger partial charge in [-0.25, -0.2) is 9.97 Å². The molecule has 0 radical (unpaired) electrons. The largest absolute Gasteiger partial charge is 0.464 e. The Labute approximate surface area is 160 Å². The van der Waals surface area contributed by atoms with Gasteiger partial charge in [0.2, 0.25) is 0 Å². The minimum absolute atomic E-state index is 0.0351. The quantitative estimate of drug-likeness (QED) is 0.649. The zero-order chi connectivity index (χ0) is 18.1. The number of aryl methyl sites for hydroxylation is 1. The van der Waals surface area contributed by atoms with Gasteiger partial charge in [0.15, 0.2) is 5.43 Å². The van der Waals surface area contributed by atoms with Crippen LogP contribution in [0.1, 0.15) is 36.0 Å². The molecule has 0 fully saturated rings. The summed E-state index contributed by atoms with van der Waals surface area (Å²) in [5, 5.41) is 0.613. The Morgan fingerprint density at radius 2 is 2.23 bits per heavy atom. The smallest absolute Gasteiger partial charge is 0.197 e. The molecule has 4 rings (SSSR count). The minimum Gasteiger partial charge on any atom is -0.464 e. The Balaban J connectivity index is 1.56. The zero-order valence-corrected chi connectivity index (χ0v) is 16.3. The van der Waals surface area contributed by atoms with Crippen LogP contribution < -0.4 is 5.43 Å². The van der Waals surface area contributed by atoms with Crippen molar-refractivity contribution in [3.63, 3.8) is 0 Å². The summed E-state index contributed by atoms with van der Waals surface area (Å²) in [6, 6.07) is 5.51. The molecule has 3 aromatic rings. The summed E-state index contributed by atoms with van der Waals surface area (Å²) in [5.41, 5.74) is 3.64. The maximum absolute atomic E-state index is 12.8. The van der Waals surface area contributed by atoms with E-state index >= 15 is 0 Å². The van der Waals surface area contributed by atoms with Crippen molar-refractivity contribution in [2.24, 2.45) is 0 Å². The first-order valence-corrected chi connectivity index (χ1v) is 9.69. The number of nitrogens with zero attached hydrogens (tertiary/aromatic N) is 3. The summed E-state index contributed by atoms with van der Waals surface area (Å²) >= 11 is 3.42. The normalized spacial score (nSPS) is 14.5. The molecule has 0 aliphatic carbocycles. The first kappa shape index (κ1) is 17.4. The van der Waals surface area contributed by atoms with Gasteiger partial charge in [-0.2, -0.15) is 0 Å². The number of aromatic nitrogens is 2. The molecule has 0 atom stereocenters. The monoisotopic (exact) mass is 413 g/mol. The standard InChI is InChI=1S/C20H20BrN3O2/c1-2-3-19-22-9-13-10-24(7-6-17(13)23-19)11-14-12-26-18-5-4-15(21)8-16(18)20(14)25/h4-5,8-9,12H,2-3,6-7,10-11H2,1H3. The number of rotatable bonds is 4. The van der Waals surface area contributed by atoms with Crippen molar-refractivity contribution in [3.05, 3.63) is 68.0 Å². The lowest BCUT2D eigenvalue weighted by atomic mass is 10.1. The maximum atomic E-state index is 12.8. The van der Waals surface area contributed by atoms with Crippen molar-refractivity contribution in [1.29, 1.82) is 0 Å². The fraction of sp³-hybridized carbons (Fsp3) is 0.350. The molecule has 0 spiro atoms. The second kappa shape index (κ2) is 7.29. The molecule has 0 saturated heterocycles. The molecule has 0 bridgehead atoms. The first-order valence-electron chi connectivity index (χ1n) is 8.90. The fourth-order valence-corrected chi connectivity index (χ4v) is 3.75. The van der Waals surface area contributed by atoms with E-state index in [2.05, 4.69) is 37.7 Å². The van der Waals surface area contributed by atoms with Crippen LogP contribution in [0.2, 0.25) is 0 Å². The number of fused-ring (bicyclic) bond motifs is 2. The molecule has 0 amide bonds. The van der Waals surface area contributed by atoms with Crippen molar-refractivity contribution in [2.45, 2.75) is 39.3 Å². The topological polar surface area (TPSA) is 59.2 Å². The van der Waals surface area contributed by atoms with Gasteiger partial charge < -0.3 is 4.42 Å². The molecule has 0 unspecified atom stereocenters. The van der Waals surface area contributed by atoms with Crippen LogP contribution in [0.15, 0.2) is 44.3 Å². The summed E-state index contributed by atoms with van der Waals surface area (Å²) in [6.07, 6.45) is 6.40. The van der Waals surface area contributed by atoms with Crippen LogP contribution >= 0.6 is 15.9 Å². The SMILES string of the molecule is CCCc1ncc2c(n1)CCN(Cc1coc3ccc(Br)cc3c1=O)C2. The van der Waals surface area contributed by atoms with Crippen LogP contribution in [0.4, 0.5) is 0 Å². The van der Waals surface area contributed by atoms with E-state index in [4.69, 9.17) is 4.42 Å². The van der Waals surface area contributed by atoms with Gasteiger partial charge in [-0.3, -0.25) is 9.69 Å². The lowest BCUT2D eigenvalue weighted by Crippen LogP contribution is -2.32. The summed E-state index contributed by atoms with van der Waals surface area (Å²) < 4.78 is 6.54. The van der Waals surface area contributed by atoms with Crippen LogP contribution in [-0.2, 0) is 25.9 Å². The average Bonchev–Trinajstić information content (AvgIpc) is 2.65. The third kappa shape index (κ3) is 3.44. The number of benzene rings is 1. The lowest BCUT2D eigenvalue weighted by molar-refractivity contribution is 0.240. The summed E-state index contributed by atoms with van der Waals surface area (Å²) in [4.78, 5) is 24.2. The van der Waals surface area contributed by atoms with E-state index in [0.717, 1.165) is 53.9 Å². The second-order valence-electron chi connectivity index (χ2n) is 6.70. The minimum atomic E-state index is 0.0351. The van der Waals surface area contributed by atoms with Crippen molar-refractivity contribution in [1.82, 2.24) is 14.9 Å². The van der Waals surface area contributed by atoms with E-state index < -0.39 is 0 Å². The molecule has 3 heterocycles. The van der Waals surface area contributed by atoms with Crippen molar-refractivity contribution < 1.29 is 4.42 Å². The molecule has 26 heavy (non-hydrogen) atoms. The zero-order valence-electron chi connectivity index (χ0n) is 14.7. The average molecular weight is 414 g/mol. The molecule has 134 valence electrons. The Morgan fingerprint density at radius 1 is 1.35 bits per heavy atom. The number of halogens is 1. The Kier molecular flexibility index (Phi) is 4.87. The van der Waals surface area contributed by atoms with E-state index in [0.29, 0.717) is 23.1 Å². The molecule has 0 saturated carbocycles. The van der Waals surface area contributed by atoms with Crippen molar-refractivity contribution in [2.75, 3.05) is 6.54 Å². The van der Waals surface area contributed by atoms with Gasteiger partial charge in [0.25, 0.3) is 0 Å². The Hall–Kier alpha value is -2.05. The van der Waals surface area contributed by atoms with Crippen LogP contribution in [0.5, 0.6) is 0 Å². The highest BCUT2D eigenvalue weighted by atomic mass is 79.9. The van der Waals surface area contributed by atoms with Gasteiger partial charge in [-0.05, 0) is 24.6 Å². The highest BCUT2D eigenvalue weighted by Crippen LogP contribution is 2.21. The maximum Gasteiger partial charge on any atom is 0.197 e. The van der Waals surface area contributed by atoms with Crippen LogP contribution in [-0.4, -0.2) is 21.4 Å². The summed E-state index contributed by atoms with van der Waals surface area (Å²) in [6.45, 7) is 4.35. The number of hydrogen-bond acceptors (Lipinski definition) is 5. The third-order valence-corrected chi connectivity index (χ3v) is 5.23. The molecule has 1 aliphatic rings. The van der Waals surface area contributed by atoms with Gasteiger partial charge in [0.1, 0.15) is 11.4 Å². The predicted molar refractivity (Wildman–Crippen MR) is 104 cm³/mol. The molecule has 1 aliphatic heterocycles. The molecule has 6 heteroatoms. The van der Waals surface area contributed by atoms with Crippen molar-refractivity contribution >= 4 is 26.9 Å². The predicted octanol–water partition coefficient (Wildman–Crippen LogP) is 3.86. The van der Waals surface area contributed by atoms with Gasteiger partial charge in [-0.15, -0.1) is 0 Å². The van der Waals surface area contributed by atoms with Gasteiger partial charge >= 0.3 is 0 Å². The van der Waals surface area contributed by atoms with E-state index in [9.17, 15) is 4.79 Å². The molecular weight excluding hydrogens is 394 g/mol.